The lowest BCUT2D eigenvalue weighted by Gasteiger charge is -2.08. The molecular weight excluding hydrogens is 487 g/mol. The summed E-state index contributed by atoms with van der Waals surface area (Å²) in [5, 5.41) is 10.2. The van der Waals surface area contributed by atoms with Gasteiger partial charge in [-0.2, -0.15) is 0 Å². The van der Waals surface area contributed by atoms with Crippen LogP contribution in [0.2, 0.25) is 10.0 Å². The Labute approximate surface area is 191 Å². The Morgan fingerprint density at radius 3 is 2.33 bits per heavy atom. The predicted molar refractivity (Wildman–Crippen MR) is 123 cm³/mol. The number of rotatable bonds is 5. The number of nitrogens with zero attached hydrogens (tertiary/aromatic N) is 2. The molecule has 0 aliphatic carbocycles. The van der Waals surface area contributed by atoms with Gasteiger partial charge < -0.3 is 9.67 Å². The van der Waals surface area contributed by atoms with E-state index in [1.54, 1.807) is 24.3 Å². The van der Waals surface area contributed by atoms with Crippen molar-refractivity contribution in [2.75, 3.05) is 0 Å². The van der Waals surface area contributed by atoms with Gasteiger partial charge in [0, 0.05) is 33.4 Å². The van der Waals surface area contributed by atoms with Gasteiger partial charge in [-0.1, -0.05) is 63.4 Å². The molecule has 0 amide bonds. The van der Waals surface area contributed by atoms with Gasteiger partial charge in [0.1, 0.15) is 5.82 Å². The molecule has 1 heterocycles. The van der Waals surface area contributed by atoms with Crippen molar-refractivity contribution < 1.29 is 9.90 Å². The van der Waals surface area contributed by atoms with E-state index in [4.69, 9.17) is 33.3 Å². The van der Waals surface area contributed by atoms with Crippen LogP contribution in [-0.2, 0) is 6.54 Å². The number of halogens is 3. The van der Waals surface area contributed by atoms with Gasteiger partial charge in [-0.3, -0.25) is 0 Å². The van der Waals surface area contributed by atoms with Crippen LogP contribution in [0, 0.1) is 0 Å². The van der Waals surface area contributed by atoms with Gasteiger partial charge in [0.25, 0.3) is 0 Å². The highest BCUT2D eigenvalue weighted by atomic mass is 79.9. The van der Waals surface area contributed by atoms with Crippen LogP contribution in [0.25, 0.3) is 22.6 Å². The Kier molecular flexibility index (Phi) is 5.95. The number of aromatic nitrogens is 2. The van der Waals surface area contributed by atoms with Gasteiger partial charge in [-0.25, -0.2) is 9.78 Å². The van der Waals surface area contributed by atoms with E-state index in [-0.39, 0.29) is 5.56 Å². The zero-order chi connectivity index (χ0) is 21.3. The van der Waals surface area contributed by atoms with Gasteiger partial charge in [0.15, 0.2) is 0 Å². The first-order valence-electron chi connectivity index (χ1n) is 9.01. The van der Waals surface area contributed by atoms with Gasteiger partial charge in [0.2, 0.25) is 0 Å². The molecular formula is C23H15BrCl2N2O2. The number of aromatic carboxylic acids is 1. The lowest BCUT2D eigenvalue weighted by Crippen LogP contribution is -2.02. The van der Waals surface area contributed by atoms with Crippen LogP contribution in [0.5, 0.6) is 0 Å². The molecule has 0 aliphatic heterocycles. The minimum Gasteiger partial charge on any atom is -0.478 e. The fraction of sp³-hybridized carbons (Fsp3) is 0.0435. The molecule has 1 aromatic heterocycles. The lowest BCUT2D eigenvalue weighted by molar-refractivity contribution is 0.0697. The summed E-state index contributed by atoms with van der Waals surface area (Å²) in [5.74, 6) is -0.162. The van der Waals surface area contributed by atoms with Crippen molar-refractivity contribution in [2.24, 2.45) is 0 Å². The van der Waals surface area contributed by atoms with E-state index in [2.05, 4.69) is 15.9 Å². The number of imidazole rings is 1. The molecule has 0 fully saturated rings. The summed E-state index contributed by atoms with van der Waals surface area (Å²) in [4.78, 5) is 16.0. The van der Waals surface area contributed by atoms with E-state index in [1.165, 1.54) is 0 Å². The average molecular weight is 502 g/mol. The van der Waals surface area contributed by atoms with Gasteiger partial charge >= 0.3 is 5.97 Å². The monoisotopic (exact) mass is 500 g/mol. The minimum absolute atomic E-state index is 0.256. The Morgan fingerprint density at radius 2 is 1.70 bits per heavy atom. The molecule has 4 aromatic rings. The van der Waals surface area contributed by atoms with Crippen molar-refractivity contribution in [3.8, 4) is 22.6 Å². The molecule has 0 bridgehead atoms. The van der Waals surface area contributed by atoms with Gasteiger partial charge in [-0.15, -0.1) is 0 Å². The molecule has 0 saturated heterocycles. The summed E-state index contributed by atoms with van der Waals surface area (Å²) < 4.78 is 3.01. The first kappa shape index (κ1) is 20.7. The maximum Gasteiger partial charge on any atom is 0.335 e. The summed E-state index contributed by atoms with van der Waals surface area (Å²) in [6, 6.07) is 20.1. The van der Waals surface area contributed by atoms with Crippen molar-refractivity contribution >= 4 is 45.1 Å². The highest BCUT2D eigenvalue weighted by Gasteiger charge is 2.15. The molecule has 150 valence electrons. The van der Waals surface area contributed by atoms with Gasteiger partial charge in [0.05, 0.1) is 16.3 Å². The lowest BCUT2D eigenvalue weighted by atomic mass is 10.1. The molecule has 4 nitrogen and oxygen atoms in total. The van der Waals surface area contributed by atoms with Crippen molar-refractivity contribution in [3.05, 3.63) is 98.6 Å². The maximum absolute atomic E-state index is 11.1. The van der Waals surface area contributed by atoms with Gasteiger partial charge in [-0.05, 0) is 48.0 Å². The Balaban J connectivity index is 1.77. The largest absolute Gasteiger partial charge is 0.478 e. The Bertz CT molecular complexity index is 1220. The third-order valence-corrected chi connectivity index (χ3v) is 5.72. The molecule has 0 spiro atoms. The molecule has 7 heteroatoms. The topological polar surface area (TPSA) is 55.1 Å². The second kappa shape index (κ2) is 8.64. The van der Waals surface area contributed by atoms with Crippen LogP contribution in [0.4, 0.5) is 0 Å². The van der Waals surface area contributed by atoms with E-state index in [1.807, 2.05) is 53.2 Å². The maximum atomic E-state index is 11.1. The standard InChI is InChI=1S/C23H15BrCl2N2O2/c24-17-7-5-15(6-8-17)22-27-21(19-10-9-18(25)11-20(19)26)13-28(22)12-14-1-3-16(4-2-14)23(29)30/h1-11,13H,12H2,(H,29,30). The Hall–Kier alpha value is -2.60. The van der Waals surface area contributed by atoms with Crippen LogP contribution in [-0.4, -0.2) is 20.6 Å². The van der Waals surface area contributed by atoms with Crippen LogP contribution in [0.15, 0.2) is 77.4 Å². The molecule has 30 heavy (non-hydrogen) atoms. The highest BCUT2D eigenvalue weighted by Crippen LogP contribution is 2.32. The van der Waals surface area contributed by atoms with Crippen LogP contribution in [0.3, 0.4) is 0 Å². The molecule has 0 radical (unpaired) electrons. The number of carboxylic acids is 1. The third-order valence-electron chi connectivity index (χ3n) is 4.64. The summed E-state index contributed by atoms with van der Waals surface area (Å²) in [6.45, 7) is 0.531. The molecule has 1 N–H and O–H groups in total. The first-order chi connectivity index (χ1) is 14.4. The Morgan fingerprint density at radius 1 is 1.00 bits per heavy atom. The average Bonchev–Trinajstić information content (AvgIpc) is 3.12. The normalized spacial score (nSPS) is 10.9. The summed E-state index contributed by atoms with van der Waals surface area (Å²) in [5.41, 5.74) is 3.70. The molecule has 0 saturated carbocycles. The van der Waals surface area contributed by atoms with Crippen molar-refractivity contribution in [1.29, 1.82) is 0 Å². The summed E-state index contributed by atoms with van der Waals surface area (Å²) >= 11 is 15.9. The van der Waals surface area contributed by atoms with E-state index in [0.717, 1.165) is 32.7 Å². The smallest absolute Gasteiger partial charge is 0.335 e. The van der Waals surface area contributed by atoms with E-state index < -0.39 is 5.97 Å². The summed E-state index contributed by atoms with van der Waals surface area (Å²) in [6.07, 6.45) is 1.94. The zero-order valence-electron chi connectivity index (χ0n) is 15.5. The van der Waals surface area contributed by atoms with E-state index in [0.29, 0.717) is 16.6 Å². The van der Waals surface area contributed by atoms with Crippen LogP contribution < -0.4 is 0 Å². The molecule has 0 atom stereocenters. The fourth-order valence-electron chi connectivity index (χ4n) is 3.14. The predicted octanol–water partition coefficient (Wildman–Crippen LogP) is 7.03. The number of hydrogen-bond acceptors (Lipinski definition) is 2. The SMILES string of the molecule is O=C(O)c1ccc(Cn2cc(-c3ccc(Cl)cc3Cl)nc2-c2ccc(Br)cc2)cc1. The molecule has 0 unspecified atom stereocenters. The second-order valence-corrected chi connectivity index (χ2v) is 8.47. The number of hydrogen-bond donors (Lipinski definition) is 1. The first-order valence-corrected chi connectivity index (χ1v) is 10.6. The minimum atomic E-state index is -0.945. The van der Waals surface area contributed by atoms with E-state index in [9.17, 15) is 4.79 Å². The third kappa shape index (κ3) is 4.43. The molecule has 3 aromatic carbocycles. The molecule has 0 aliphatic rings. The van der Waals surface area contributed by atoms with Crippen LogP contribution in [0.1, 0.15) is 15.9 Å². The number of benzene rings is 3. The fourth-order valence-corrected chi connectivity index (χ4v) is 3.91. The van der Waals surface area contributed by atoms with Crippen molar-refractivity contribution in [2.45, 2.75) is 6.54 Å². The zero-order valence-corrected chi connectivity index (χ0v) is 18.6. The molecule has 4 rings (SSSR count). The summed E-state index contributed by atoms with van der Waals surface area (Å²) in [7, 11) is 0. The highest BCUT2D eigenvalue weighted by molar-refractivity contribution is 9.10. The number of carboxylic acid groups (broad SMARTS) is 1. The van der Waals surface area contributed by atoms with Crippen molar-refractivity contribution in [1.82, 2.24) is 9.55 Å². The second-order valence-electron chi connectivity index (χ2n) is 6.71. The number of carbonyl (C=O) groups is 1. The quantitative estimate of drug-likeness (QED) is 0.319. The van der Waals surface area contributed by atoms with Crippen LogP contribution >= 0.6 is 39.1 Å². The van der Waals surface area contributed by atoms with E-state index >= 15 is 0 Å². The van der Waals surface area contributed by atoms with Crippen molar-refractivity contribution in [3.63, 3.8) is 0 Å².